The molecule has 0 saturated heterocycles. The summed E-state index contributed by atoms with van der Waals surface area (Å²) in [6.45, 7) is 16.8. The Hall–Kier alpha value is -8.54. The number of aromatic nitrogens is 8. The lowest BCUT2D eigenvalue weighted by atomic mass is 10.1. The van der Waals surface area contributed by atoms with Gasteiger partial charge in [-0.3, -0.25) is 9.59 Å². The van der Waals surface area contributed by atoms with Crippen LogP contribution in [0.5, 0.6) is 0 Å². The average molecular weight is 1020 g/mol. The van der Waals surface area contributed by atoms with Crippen LogP contribution in [0.4, 0.5) is 8.78 Å². The largest absolute Gasteiger partial charge is 0.463 e. The highest BCUT2D eigenvalue weighted by Crippen LogP contribution is 2.32. The van der Waals surface area contributed by atoms with Crippen LogP contribution in [0, 0.1) is 18.6 Å². The fraction of sp³-hybridized carbons (Fsp3) is 0.298. The summed E-state index contributed by atoms with van der Waals surface area (Å²) in [4.78, 5) is 63.1. The van der Waals surface area contributed by atoms with Crippen LogP contribution in [-0.4, -0.2) is 98.2 Å². The van der Waals surface area contributed by atoms with Gasteiger partial charge in [-0.25, -0.2) is 37.4 Å². The number of hydrogen-bond acceptors (Lipinski definition) is 10. The monoisotopic (exact) mass is 1020 g/mol. The smallest absolute Gasteiger partial charge is 0.330 e. The topological polar surface area (TPSA) is 163 Å². The average Bonchev–Trinajstić information content (AvgIpc) is 4.24. The summed E-state index contributed by atoms with van der Waals surface area (Å²) in [5.41, 5.74) is 9.17. The van der Waals surface area contributed by atoms with Crippen LogP contribution in [0.2, 0.25) is 0 Å². The lowest BCUT2D eigenvalue weighted by molar-refractivity contribution is -0.138. The third kappa shape index (κ3) is 10.5. The first kappa shape index (κ1) is 51.4. The fourth-order valence-corrected chi connectivity index (χ4v) is 9.70. The normalized spacial score (nSPS) is 15.3. The predicted octanol–water partition coefficient (Wildman–Crippen LogP) is 9.69. The van der Waals surface area contributed by atoms with E-state index in [4.69, 9.17) is 9.47 Å². The Labute approximate surface area is 432 Å². The number of carbonyl (C=O) groups excluding carboxylic acids is 4. The van der Waals surface area contributed by atoms with Crippen LogP contribution in [0.15, 0.2) is 103 Å². The van der Waals surface area contributed by atoms with E-state index < -0.39 is 23.6 Å². The van der Waals surface area contributed by atoms with E-state index in [9.17, 15) is 19.2 Å². The van der Waals surface area contributed by atoms with Gasteiger partial charge in [0.05, 0.1) is 36.7 Å². The molecule has 0 N–H and O–H groups in total. The first-order valence-electron chi connectivity index (χ1n) is 25.2. The summed E-state index contributed by atoms with van der Waals surface area (Å²) in [5.74, 6) is -2.19. The third-order valence-electron chi connectivity index (χ3n) is 13.7. The molecule has 2 amide bonds. The minimum absolute atomic E-state index is 0.0645. The molecule has 2 aliphatic heterocycles. The van der Waals surface area contributed by atoms with Crippen molar-refractivity contribution < 1.29 is 37.4 Å². The maximum absolute atomic E-state index is 15.1. The van der Waals surface area contributed by atoms with E-state index >= 15 is 8.78 Å². The second kappa shape index (κ2) is 21.9. The summed E-state index contributed by atoms with van der Waals surface area (Å²) in [6, 6.07) is 24.3. The zero-order valence-electron chi connectivity index (χ0n) is 43.0. The lowest BCUT2D eigenvalue weighted by Crippen LogP contribution is -2.41. The van der Waals surface area contributed by atoms with Crippen LogP contribution >= 0.6 is 0 Å². The summed E-state index contributed by atoms with van der Waals surface area (Å²) < 4.78 is 47.5. The van der Waals surface area contributed by atoms with E-state index in [1.807, 2.05) is 55.8 Å². The second-order valence-electron chi connectivity index (χ2n) is 18.2. The highest BCUT2D eigenvalue weighted by Gasteiger charge is 2.32. The Kier molecular flexibility index (Phi) is 15.0. The molecule has 2 atom stereocenters. The highest BCUT2D eigenvalue weighted by molar-refractivity contribution is 5.94. The van der Waals surface area contributed by atoms with Gasteiger partial charge in [0.25, 0.3) is 11.8 Å². The first-order valence-corrected chi connectivity index (χ1v) is 25.2. The molecule has 0 bridgehead atoms. The van der Waals surface area contributed by atoms with Crippen LogP contribution in [0.1, 0.15) is 114 Å². The number of rotatable bonds is 12. The maximum atomic E-state index is 15.1. The molecule has 2 aromatic carbocycles. The van der Waals surface area contributed by atoms with Crippen molar-refractivity contribution in [1.82, 2.24) is 48.1 Å². The quantitative estimate of drug-likeness (QED) is 0.0851. The molecule has 2 aliphatic rings. The van der Waals surface area contributed by atoms with Crippen LogP contribution in [0.3, 0.4) is 0 Å². The number of esters is 2. The van der Waals surface area contributed by atoms with Crippen molar-refractivity contribution in [2.24, 2.45) is 0 Å². The molecular weight excluding hydrogens is 959 g/mol. The minimum Gasteiger partial charge on any atom is -0.463 e. The lowest BCUT2D eigenvalue weighted by Gasteiger charge is -2.35. The second-order valence-corrected chi connectivity index (χ2v) is 18.2. The number of amides is 2. The van der Waals surface area contributed by atoms with Gasteiger partial charge in [0.2, 0.25) is 0 Å². The molecule has 0 aliphatic carbocycles. The molecule has 8 heterocycles. The number of nitrogens with zero attached hydrogens (tertiary/aromatic N) is 10. The molecular formula is C57H58F2N10O6. The number of fused-ring (bicyclic) bond motifs is 4. The van der Waals surface area contributed by atoms with Crippen molar-refractivity contribution in [3.8, 4) is 22.5 Å². The van der Waals surface area contributed by atoms with Crippen molar-refractivity contribution in [2.45, 2.75) is 86.5 Å². The Bertz CT molecular complexity index is 3550. The molecule has 0 spiro atoms. The molecule has 0 saturated carbocycles. The summed E-state index contributed by atoms with van der Waals surface area (Å²) in [6.07, 6.45) is 8.81. The van der Waals surface area contributed by atoms with Gasteiger partial charge in [-0.1, -0.05) is 26.0 Å². The third-order valence-corrected chi connectivity index (χ3v) is 13.7. The molecule has 0 radical (unpaired) electrons. The Balaban J connectivity index is 0.000000184. The van der Waals surface area contributed by atoms with Gasteiger partial charge in [-0.15, -0.1) is 0 Å². The fourth-order valence-electron chi connectivity index (χ4n) is 9.70. The molecule has 18 heteroatoms. The molecule has 0 fully saturated rings. The zero-order valence-corrected chi connectivity index (χ0v) is 43.0. The predicted molar refractivity (Wildman–Crippen MR) is 279 cm³/mol. The SMILES string of the molecule is CCOC(=O)/C=C/c1ccc(-c2cc3nc(C(=O)N4CCn5c(C)ccc5C4C)cc(CC)n3n2)c(F)c1.CCOC(=O)/C=C/c1ccc(-c2cc3nc(C(=O)N4CCn5cccc5C4C)cc(CC)n3n2)c(F)c1. The highest BCUT2D eigenvalue weighted by atomic mass is 19.1. The number of benzene rings is 2. The van der Waals surface area contributed by atoms with Crippen molar-refractivity contribution in [1.29, 1.82) is 0 Å². The summed E-state index contributed by atoms with van der Waals surface area (Å²) in [7, 11) is 0. The molecule has 16 nitrogen and oxygen atoms in total. The van der Waals surface area contributed by atoms with Gasteiger partial charge in [-0.2, -0.15) is 10.2 Å². The van der Waals surface area contributed by atoms with E-state index in [-0.39, 0.29) is 37.1 Å². The molecule has 75 heavy (non-hydrogen) atoms. The Morgan fingerprint density at radius 2 is 1.11 bits per heavy atom. The van der Waals surface area contributed by atoms with Crippen molar-refractivity contribution in [2.75, 3.05) is 26.3 Å². The van der Waals surface area contributed by atoms with Gasteiger partial charge in [-0.05, 0) is 131 Å². The number of carbonyl (C=O) groups is 4. The van der Waals surface area contributed by atoms with E-state index in [2.05, 4.69) is 48.4 Å². The minimum atomic E-state index is -0.483. The van der Waals surface area contributed by atoms with E-state index in [1.54, 1.807) is 71.4 Å². The van der Waals surface area contributed by atoms with Crippen LogP contribution in [-0.2, 0) is 45.0 Å². The van der Waals surface area contributed by atoms with E-state index in [1.165, 1.54) is 42.1 Å². The number of halogens is 2. The molecule has 10 rings (SSSR count). The van der Waals surface area contributed by atoms with Gasteiger partial charge < -0.3 is 28.4 Å². The van der Waals surface area contributed by atoms with E-state index in [0.29, 0.717) is 82.3 Å². The Morgan fingerprint density at radius 1 is 0.613 bits per heavy atom. The van der Waals surface area contributed by atoms with Crippen molar-refractivity contribution >= 4 is 47.2 Å². The summed E-state index contributed by atoms with van der Waals surface area (Å²) >= 11 is 0. The maximum Gasteiger partial charge on any atom is 0.330 e. The number of ether oxygens (including phenoxy) is 2. The van der Waals surface area contributed by atoms with Crippen LogP contribution in [0.25, 0.3) is 46.0 Å². The van der Waals surface area contributed by atoms with Crippen molar-refractivity contribution in [3.63, 3.8) is 0 Å². The zero-order chi connectivity index (χ0) is 53.1. The van der Waals surface area contributed by atoms with Crippen molar-refractivity contribution in [3.05, 3.63) is 166 Å². The molecule has 8 aromatic rings. The standard InChI is InChI=1S/C29H30FN5O3.C28H28FN5O3/c1-5-21-16-25(29(37)34-14-13-33-18(3)7-11-26(33)19(34)4)31-27-17-24(32-35(21)27)22-10-8-20(15-23(22)30)9-12-28(36)38-6-2;1-4-20-16-24(28(36)33-14-13-32-12-6-7-25(32)18(33)3)30-26-17-23(31-34(20)26)21-10-8-19(15-22(21)29)9-11-27(35)37-5-2/h7-12,15-17,19H,5-6,13-14H2,1-4H3;6-12,15-18H,4-5,13-14H2,1-3H3/b12-9+;11-9+. The molecule has 2 unspecified atom stereocenters. The first-order chi connectivity index (χ1) is 36.2. The number of hydrogen-bond donors (Lipinski definition) is 0. The van der Waals surface area contributed by atoms with Crippen LogP contribution < -0.4 is 0 Å². The number of aryl methyl sites for hydroxylation is 3. The van der Waals surface area contributed by atoms with Gasteiger partial charge in [0, 0.05) is 96.3 Å². The molecule has 386 valence electrons. The van der Waals surface area contributed by atoms with Gasteiger partial charge in [0.15, 0.2) is 11.3 Å². The van der Waals surface area contributed by atoms with Gasteiger partial charge in [0.1, 0.15) is 23.0 Å². The van der Waals surface area contributed by atoms with E-state index in [0.717, 1.165) is 35.9 Å². The molecule has 6 aromatic heterocycles. The Morgan fingerprint density at radius 3 is 1.59 bits per heavy atom. The summed E-state index contributed by atoms with van der Waals surface area (Å²) in [5, 5.41) is 9.18. The van der Waals surface area contributed by atoms with Gasteiger partial charge >= 0.3 is 11.9 Å².